The first-order valence-electron chi connectivity index (χ1n) is 8.98. The van der Waals surface area contributed by atoms with Gasteiger partial charge in [-0.15, -0.1) is 0 Å². The third kappa shape index (κ3) is 4.07. The van der Waals surface area contributed by atoms with Crippen LogP contribution in [-0.4, -0.2) is 22.4 Å². The summed E-state index contributed by atoms with van der Waals surface area (Å²) in [5.41, 5.74) is 1.51. The lowest BCUT2D eigenvalue weighted by molar-refractivity contribution is -0.112. The molecule has 0 aliphatic carbocycles. The summed E-state index contributed by atoms with van der Waals surface area (Å²) in [6.45, 7) is 1.73. The second-order valence-electron chi connectivity index (χ2n) is 6.45. The number of hydrogen-bond acceptors (Lipinski definition) is 4. The van der Waals surface area contributed by atoms with E-state index in [0.29, 0.717) is 27.2 Å². The summed E-state index contributed by atoms with van der Waals surface area (Å²) in [5.74, 6) is -0.0214. The highest BCUT2D eigenvalue weighted by atomic mass is 79.9. The average molecular weight is 467 g/mol. The number of anilines is 1. The van der Waals surface area contributed by atoms with Crippen molar-refractivity contribution < 1.29 is 9.53 Å². The summed E-state index contributed by atoms with van der Waals surface area (Å²) in [4.78, 5) is 25.7. The van der Waals surface area contributed by atoms with Crippen LogP contribution in [0.25, 0.3) is 11.8 Å². The predicted molar refractivity (Wildman–Crippen MR) is 119 cm³/mol. The minimum absolute atomic E-state index is 0.124. The number of carbonyl (C=O) groups is 1. The van der Waals surface area contributed by atoms with Gasteiger partial charge in [0.15, 0.2) is 0 Å². The molecule has 0 radical (unpaired) electrons. The van der Waals surface area contributed by atoms with Gasteiger partial charge in [0.1, 0.15) is 23.1 Å². The maximum Gasteiger partial charge on any atom is 0.295 e. The first-order valence-corrected chi connectivity index (χ1v) is 9.77. The number of hydrogen-bond donors (Lipinski definition) is 1. The Labute approximate surface area is 181 Å². The number of nitrogens with one attached hydrogen (secondary N) is 1. The van der Waals surface area contributed by atoms with Crippen molar-refractivity contribution in [1.29, 1.82) is 5.26 Å². The summed E-state index contributed by atoms with van der Waals surface area (Å²) in [5, 5.41) is 12.1. The van der Waals surface area contributed by atoms with Gasteiger partial charge in [0.05, 0.1) is 23.0 Å². The Morgan fingerprint density at radius 3 is 2.53 bits per heavy atom. The van der Waals surface area contributed by atoms with Crippen molar-refractivity contribution in [3.63, 3.8) is 0 Å². The lowest BCUT2D eigenvalue weighted by Crippen LogP contribution is -2.23. The van der Waals surface area contributed by atoms with Crippen molar-refractivity contribution in [2.24, 2.45) is 7.05 Å². The van der Waals surface area contributed by atoms with E-state index in [4.69, 9.17) is 4.74 Å². The number of ether oxygens (including phenoxy) is 1. The van der Waals surface area contributed by atoms with Gasteiger partial charge in [0.25, 0.3) is 11.5 Å². The molecule has 0 atom stereocenters. The van der Waals surface area contributed by atoms with E-state index in [2.05, 4.69) is 21.2 Å². The van der Waals surface area contributed by atoms with E-state index < -0.39 is 5.91 Å². The van der Waals surface area contributed by atoms with Crippen LogP contribution in [0.1, 0.15) is 11.3 Å². The normalized spacial score (nSPS) is 11.1. The fourth-order valence-electron chi connectivity index (χ4n) is 2.98. The molecule has 0 aliphatic heterocycles. The Bertz CT molecular complexity index is 1230. The van der Waals surface area contributed by atoms with Crippen LogP contribution < -0.4 is 15.6 Å². The van der Waals surface area contributed by atoms with Crippen molar-refractivity contribution in [1.82, 2.24) is 9.36 Å². The van der Waals surface area contributed by atoms with Gasteiger partial charge in [0.2, 0.25) is 0 Å². The molecule has 3 rings (SSSR count). The standard InChI is InChI=1S/C22H19BrN4O3/c1-14-20(22(29)27(26(14)2)17-7-5-4-6-8-17)25-21(28)16(13-24)11-15-9-10-19(30-3)18(23)12-15/h4-12H,1-3H3,(H,25,28). The number of amides is 1. The van der Waals surface area contributed by atoms with Crippen molar-refractivity contribution in [2.45, 2.75) is 6.92 Å². The van der Waals surface area contributed by atoms with Crippen LogP contribution in [0, 0.1) is 18.3 Å². The monoisotopic (exact) mass is 466 g/mol. The summed E-state index contributed by atoms with van der Waals surface area (Å²) >= 11 is 3.38. The molecule has 0 spiro atoms. The molecule has 0 aliphatic rings. The molecule has 0 fully saturated rings. The van der Waals surface area contributed by atoms with Gasteiger partial charge >= 0.3 is 0 Å². The van der Waals surface area contributed by atoms with Crippen LogP contribution in [0.15, 0.2) is 63.4 Å². The van der Waals surface area contributed by atoms with Crippen LogP contribution in [-0.2, 0) is 11.8 Å². The van der Waals surface area contributed by atoms with Gasteiger partial charge in [-0.3, -0.25) is 14.3 Å². The van der Waals surface area contributed by atoms with E-state index >= 15 is 0 Å². The van der Waals surface area contributed by atoms with Gasteiger partial charge < -0.3 is 10.1 Å². The fourth-order valence-corrected chi connectivity index (χ4v) is 3.54. The first kappa shape index (κ1) is 21.1. The van der Waals surface area contributed by atoms with Gasteiger partial charge in [0, 0.05) is 7.05 Å². The van der Waals surface area contributed by atoms with Gasteiger partial charge in [-0.2, -0.15) is 5.26 Å². The van der Waals surface area contributed by atoms with E-state index in [1.165, 1.54) is 10.8 Å². The summed E-state index contributed by atoms with van der Waals surface area (Å²) < 4.78 is 8.99. The molecule has 0 saturated carbocycles. The maximum absolute atomic E-state index is 12.9. The Morgan fingerprint density at radius 2 is 1.93 bits per heavy atom. The van der Waals surface area contributed by atoms with Crippen molar-refractivity contribution in [3.8, 4) is 17.5 Å². The van der Waals surface area contributed by atoms with E-state index in [0.717, 1.165) is 0 Å². The number of halogens is 1. The molecule has 0 bridgehead atoms. The van der Waals surface area contributed by atoms with Crippen LogP contribution in [0.5, 0.6) is 5.75 Å². The van der Waals surface area contributed by atoms with Crippen molar-refractivity contribution in [3.05, 3.63) is 80.2 Å². The SMILES string of the molecule is COc1ccc(C=C(C#N)C(=O)Nc2c(C)n(C)n(-c3ccccc3)c2=O)cc1Br. The highest BCUT2D eigenvalue weighted by Gasteiger charge is 2.20. The summed E-state index contributed by atoms with van der Waals surface area (Å²) in [6.07, 6.45) is 1.45. The molecular weight excluding hydrogens is 448 g/mol. The highest BCUT2D eigenvalue weighted by molar-refractivity contribution is 9.10. The highest BCUT2D eigenvalue weighted by Crippen LogP contribution is 2.26. The van der Waals surface area contributed by atoms with Crippen LogP contribution in [0.4, 0.5) is 5.69 Å². The Kier molecular flexibility index (Phi) is 6.23. The molecule has 2 aromatic carbocycles. The quantitative estimate of drug-likeness (QED) is 0.457. The van der Waals surface area contributed by atoms with Crippen LogP contribution in [0.2, 0.25) is 0 Å². The van der Waals surface area contributed by atoms with Crippen molar-refractivity contribution in [2.75, 3.05) is 12.4 Å². The minimum atomic E-state index is -0.657. The third-order valence-electron chi connectivity index (χ3n) is 4.64. The van der Waals surface area contributed by atoms with E-state index in [-0.39, 0.29) is 16.8 Å². The summed E-state index contributed by atoms with van der Waals surface area (Å²) in [7, 11) is 3.28. The fraction of sp³-hybridized carbons (Fsp3) is 0.136. The number of benzene rings is 2. The van der Waals surface area contributed by atoms with E-state index in [1.807, 2.05) is 24.3 Å². The zero-order valence-electron chi connectivity index (χ0n) is 16.6. The molecule has 0 unspecified atom stereocenters. The second-order valence-corrected chi connectivity index (χ2v) is 7.31. The smallest absolute Gasteiger partial charge is 0.295 e. The lowest BCUT2D eigenvalue weighted by Gasteiger charge is -2.07. The van der Waals surface area contributed by atoms with Crippen LogP contribution >= 0.6 is 15.9 Å². The molecule has 152 valence electrons. The number of nitriles is 1. The van der Waals surface area contributed by atoms with Gasteiger partial charge in [-0.1, -0.05) is 24.3 Å². The number of para-hydroxylation sites is 1. The lowest BCUT2D eigenvalue weighted by atomic mass is 10.1. The summed E-state index contributed by atoms with van der Waals surface area (Å²) in [6, 6.07) is 16.2. The predicted octanol–water partition coefficient (Wildman–Crippen LogP) is 3.80. The Hall–Kier alpha value is -3.57. The molecule has 8 heteroatoms. The maximum atomic E-state index is 12.9. The topological polar surface area (TPSA) is 89.0 Å². The van der Waals surface area contributed by atoms with Crippen molar-refractivity contribution >= 4 is 33.6 Å². The zero-order valence-corrected chi connectivity index (χ0v) is 18.2. The number of methoxy groups -OCH3 is 1. The number of aromatic nitrogens is 2. The first-order chi connectivity index (χ1) is 14.4. The van der Waals surface area contributed by atoms with Gasteiger partial charge in [-0.05, 0) is 58.8 Å². The molecular formula is C22H19BrN4O3. The van der Waals surface area contributed by atoms with Crippen LogP contribution in [0.3, 0.4) is 0 Å². The van der Waals surface area contributed by atoms with Gasteiger partial charge in [-0.25, -0.2) is 4.68 Å². The Morgan fingerprint density at radius 1 is 1.23 bits per heavy atom. The molecule has 7 nitrogen and oxygen atoms in total. The molecule has 30 heavy (non-hydrogen) atoms. The molecule has 1 amide bonds. The van der Waals surface area contributed by atoms with E-state index in [1.54, 1.807) is 56.1 Å². The molecule has 0 saturated heterocycles. The van der Waals surface area contributed by atoms with E-state index in [9.17, 15) is 14.9 Å². The second kappa shape index (κ2) is 8.84. The molecule has 1 aromatic heterocycles. The Balaban J connectivity index is 1.94. The zero-order chi connectivity index (χ0) is 21.8. The number of rotatable bonds is 5. The number of carbonyl (C=O) groups excluding carboxylic acids is 1. The molecule has 3 aromatic rings. The largest absolute Gasteiger partial charge is 0.496 e. The average Bonchev–Trinajstić information content (AvgIpc) is 2.95. The third-order valence-corrected chi connectivity index (χ3v) is 5.26. The minimum Gasteiger partial charge on any atom is -0.496 e. The number of nitrogens with zero attached hydrogens (tertiary/aromatic N) is 3. The molecule has 1 heterocycles. The molecule has 1 N–H and O–H groups in total.